The minimum Gasteiger partial charge on any atom is -0.548 e. The number of rotatable bonds is 8. The Morgan fingerprint density at radius 3 is 2.33 bits per heavy atom. The van der Waals surface area contributed by atoms with Crippen LogP contribution in [0.5, 0.6) is 0 Å². The summed E-state index contributed by atoms with van der Waals surface area (Å²) in [7, 11) is 0. The quantitative estimate of drug-likeness (QED) is 0.552. The Morgan fingerprint density at radius 2 is 1.67 bits per heavy atom. The Kier molecular flexibility index (Phi) is 7.66. The number of hydrogen-bond donors (Lipinski definition) is 3. The Bertz CT molecular complexity index is 1020. The molecule has 1 aliphatic heterocycles. The molecule has 1 aliphatic rings. The molecule has 0 saturated heterocycles. The maximum Gasteiger partial charge on any atom is 0.323 e. The molecular weight excluding hydrogens is 424 g/mol. The van der Waals surface area contributed by atoms with Gasteiger partial charge in [0.25, 0.3) is 0 Å². The first-order valence-electron chi connectivity index (χ1n) is 10.8. The molecule has 0 aliphatic carbocycles. The molecule has 2 atom stereocenters. The molecule has 1 heterocycles. The summed E-state index contributed by atoms with van der Waals surface area (Å²) in [6.07, 6.45) is 0.335. The molecule has 4 amide bonds. The number of nitrogens with one attached hydrogen (secondary N) is 3. The maximum atomic E-state index is 13.1. The lowest BCUT2D eigenvalue weighted by molar-refractivity contribution is -0.308. The number of amides is 4. The fourth-order valence-electron chi connectivity index (χ4n) is 3.66. The largest absolute Gasteiger partial charge is 0.548 e. The second-order valence-electron chi connectivity index (χ2n) is 8.35. The van der Waals surface area contributed by atoms with Gasteiger partial charge in [-0.2, -0.15) is 0 Å². The van der Waals surface area contributed by atoms with Crippen LogP contribution in [0.1, 0.15) is 25.8 Å². The molecule has 2 aromatic rings. The normalized spacial score (nSPS) is 14.6. The van der Waals surface area contributed by atoms with Gasteiger partial charge in [0.1, 0.15) is 12.6 Å². The van der Waals surface area contributed by atoms with E-state index >= 15 is 0 Å². The van der Waals surface area contributed by atoms with Gasteiger partial charge in [-0.05, 0) is 30.0 Å². The third kappa shape index (κ3) is 6.31. The van der Waals surface area contributed by atoms with Crippen molar-refractivity contribution in [3.8, 4) is 0 Å². The average molecular weight is 452 g/mol. The third-order valence-corrected chi connectivity index (χ3v) is 5.22. The van der Waals surface area contributed by atoms with Crippen molar-refractivity contribution in [3.05, 3.63) is 60.2 Å². The smallest absolute Gasteiger partial charge is 0.323 e. The van der Waals surface area contributed by atoms with Crippen molar-refractivity contribution in [2.75, 3.05) is 16.8 Å². The molecule has 3 rings (SSSR count). The van der Waals surface area contributed by atoms with Crippen LogP contribution in [-0.2, 0) is 20.8 Å². The van der Waals surface area contributed by atoms with Gasteiger partial charge in [-0.1, -0.05) is 56.3 Å². The second kappa shape index (κ2) is 10.6. The Morgan fingerprint density at radius 1 is 1.00 bits per heavy atom. The van der Waals surface area contributed by atoms with E-state index in [0.717, 1.165) is 5.56 Å². The number of carbonyl (C=O) groups is 4. The number of urea groups is 1. The number of aliphatic carboxylic acids is 1. The van der Waals surface area contributed by atoms with Gasteiger partial charge in [0.05, 0.1) is 23.4 Å². The van der Waals surface area contributed by atoms with Gasteiger partial charge in [0, 0.05) is 6.42 Å². The number of carbonyl (C=O) groups excluding carboxylic acids is 4. The van der Waals surface area contributed by atoms with Crippen LogP contribution in [0.25, 0.3) is 0 Å². The molecule has 0 bridgehead atoms. The zero-order chi connectivity index (χ0) is 24.0. The highest BCUT2D eigenvalue weighted by molar-refractivity contribution is 6.10. The lowest BCUT2D eigenvalue weighted by Gasteiger charge is -2.31. The third-order valence-electron chi connectivity index (χ3n) is 5.22. The molecular formula is C24H27N4O5-. The average Bonchev–Trinajstić information content (AvgIpc) is 2.77. The Hall–Kier alpha value is -3.88. The van der Waals surface area contributed by atoms with E-state index in [1.54, 1.807) is 48.5 Å². The van der Waals surface area contributed by atoms with E-state index in [-0.39, 0.29) is 31.2 Å². The van der Waals surface area contributed by atoms with Crippen molar-refractivity contribution >= 4 is 35.2 Å². The van der Waals surface area contributed by atoms with Gasteiger partial charge in [0.15, 0.2) is 0 Å². The summed E-state index contributed by atoms with van der Waals surface area (Å²) in [6.45, 7) is 3.46. The molecule has 174 valence electrons. The van der Waals surface area contributed by atoms with Crippen molar-refractivity contribution in [1.29, 1.82) is 0 Å². The van der Waals surface area contributed by atoms with Gasteiger partial charge in [-0.15, -0.1) is 0 Å². The Labute approximate surface area is 192 Å². The van der Waals surface area contributed by atoms with E-state index < -0.39 is 30.0 Å². The number of anilines is 2. The van der Waals surface area contributed by atoms with Crippen LogP contribution in [0, 0.1) is 5.92 Å². The summed E-state index contributed by atoms with van der Waals surface area (Å²) < 4.78 is 0. The molecule has 33 heavy (non-hydrogen) atoms. The molecule has 9 nitrogen and oxygen atoms in total. The zero-order valence-electron chi connectivity index (χ0n) is 18.5. The van der Waals surface area contributed by atoms with Crippen molar-refractivity contribution in [2.45, 2.75) is 38.8 Å². The highest BCUT2D eigenvalue weighted by atomic mass is 16.4. The predicted octanol–water partition coefficient (Wildman–Crippen LogP) is 1.05. The number of benzene rings is 2. The van der Waals surface area contributed by atoms with Crippen molar-refractivity contribution in [2.24, 2.45) is 5.92 Å². The first-order valence-corrected chi connectivity index (χ1v) is 10.8. The number of nitrogens with zero attached hydrogens (tertiary/aromatic N) is 1. The summed E-state index contributed by atoms with van der Waals surface area (Å²) >= 11 is 0. The lowest BCUT2D eigenvalue weighted by atomic mass is 10.0. The molecule has 0 fully saturated rings. The van der Waals surface area contributed by atoms with E-state index in [9.17, 15) is 24.3 Å². The Balaban J connectivity index is 1.82. The van der Waals surface area contributed by atoms with E-state index in [4.69, 9.17) is 0 Å². The van der Waals surface area contributed by atoms with Crippen LogP contribution in [0.4, 0.5) is 16.2 Å². The van der Waals surface area contributed by atoms with E-state index in [0.29, 0.717) is 11.4 Å². The minimum atomic E-state index is -1.39. The molecule has 0 aromatic heterocycles. The van der Waals surface area contributed by atoms with E-state index in [2.05, 4.69) is 16.0 Å². The molecule has 0 spiro atoms. The molecule has 2 unspecified atom stereocenters. The highest BCUT2D eigenvalue weighted by Gasteiger charge is 2.31. The van der Waals surface area contributed by atoms with Crippen LogP contribution in [-0.4, -0.2) is 42.4 Å². The first-order chi connectivity index (χ1) is 15.7. The number of carboxylic acids is 1. The van der Waals surface area contributed by atoms with Crippen LogP contribution >= 0.6 is 0 Å². The van der Waals surface area contributed by atoms with E-state index in [1.165, 1.54) is 4.90 Å². The van der Waals surface area contributed by atoms with Gasteiger partial charge in [-0.3, -0.25) is 14.5 Å². The van der Waals surface area contributed by atoms with Crippen LogP contribution in [0.15, 0.2) is 54.6 Å². The van der Waals surface area contributed by atoms with Crippen LogP contribution in [0.3, 0.4) is 0 Å². The number of hydrogen-bond acceptors (Lipinski definition) is 5. The SMILES string of the molecule is CC(C)CC(NC(=O)C(Cc1ccccc1)NC(=O)N1CC(=O)Nc2ccccc21)C(=O)[O-]. The maximum absolute atomic E-state index is 13.1. The fraction of sp³-hybridized carbons (Fsp3) is 0.333. The van der Waals surface area contributed by atoms with Gasteiger partial charge in [-0.25, -0.2) is 4.79 Å². The van der Waals surface area contributed by atoms with Gasteiger partial charge in [0.2, 0.25) is 11.8 Å². The molecule has 3 N–H and O–H groups in total. The van der Waals surface area contributed by atoms with Gasteiger partial charge >= 0.3 is 6.03 Å². The summed E-state index contributed by atoms with van der Waals surface area (Å²) in [5.41, 5.74) is 1.77. The number of carboxylic acid groups (broad SMARTS) is 1. The molecule has 0 radical (unpaired) electrons. The van der Waals surface area contributed by atoms with E-state index in [1.807, 2.05) is 19.9 Å². The number of para-hydroxylation sites is 2. The summed E-state index contributed by atoms with van der Waals surface area (Å²) in [4.78, 5) is 51.1. The van der Waals surface area contributed by atoms with Crippen LogP contribution in [0.2, 0.25) is 0 Å². The topological polar surface area (TPSA) is 131 Å². The summed E-state index contributed by atoms with van der Waals surface area (Å²) in [5, 5.41) is 19.4. The van der Waals surface area contributed by atoms with Crippen molar-refractivity contribution < 1.29 is 24.3 Å². The van der Waals surface area contributed by atoms with Crippen LogP contribution < -0.4 is 26.0 Å². The number of fused-ring (bicyclic) bond motifs is 1. The molecule has 9 heteroatoms. The first kappa shape index (κ1) is 23.8. The lowest BCUT2D eigenvalue weighted by Crippen LogP contribution is -2.58. The summed E-state index contributed by atoms with van der Waals surface area (Å²) in [6, 6.07) is 13.0. The highest BCUT2D eigenvalue weighted by Crippen LogP contribution is 2.28. The molecule has 2 aromatic carbocycles. The standard InChI is InChI=1S/C24H28N4O5/c1-15(2)12-19(23(31)32)26-22(30)18(13-16-8-4-3-5-9-16)27-24(33)28-14-21(29)25-17-10-6-7-11-20(17)28/h3-11,15,18-19H,12-14H2,1-2H3,(H,25,29)(H,26,30)(H,27,33)(H,31,32)/p-1. The van der Waals surface area contributed by atoms with Gasteiger partial charge < -0.3 is 25.9 Å². The van der Waals surface area contributed by atoms with Crippen molar-refractivity contribution in [3.63, 3.8) is 0 Å². The molecule has 0 saturated carbocycles. The zero-order valence-corrected chi connectivity index (χ0v) is 18.5. The second-order valence-corrected chi connectivity index (χ2v) is 8.35. The minimum absolute atomic E-state index is 0.0127. The predicted molar refractivity (Wildman–Crippen MR) is 121 cm³/mol. The fourth-order valence-corrected chi connectivity index (χ4v) is 3.66. The van der Waals surface area contributed by atoms with Crippen molar-refractivity contribution in [1.82, 2.24) is 10.6 Å². The monoisotopic (exact) mass is 451 g/mol. The summed E-state index contributed by atoms with van der Waals surface area (Å²) in [5.74, 6) is -2.37.